The van der Waals surface area contributed by atoms with Crippen molar-refractivity contribution in [3.63, 3.8) is 0 Å². The Morgan fingerprint density at radius 1 is 1.26 bits per heavy atom. The van der Waals surface area contributed by atoms with Crippen LogP contribution in [0.4, 0.5) is 11.4 Å². The van der Waals surface area contributed by atoms with Crippen LogP contribution in [0.15, 0.2) is 18.2 Å². The molecule has 0 aromatic heterocycles. The third-order valence-electron chi connectivity index (χ3n) is 2.79. The van der Waals surface area contributed by atoms with Gasteiger partial charge >= 0.3 is 0 Å². The van der Waals surface area contributed by atoms with E-state index in [-0.39, 0.29) is 6.10 Å². The maximum Gasteiger partial charge on any atom is 0.144 e. The van der Waals surface area contributed by atoms with Gasteiger partial charge in [0.25, 0.3) is 0 Å². The Kier molecular flexibility index (Phi) is 6.50. The number of benzene rings is 1. The lowest BCUT2D eigenvalue weighted by Crippen LogP contribution is -2.24. The van der Waals surface area contributed by atoms with Crippen molar-refractivity contribution in [2.24, 2.45) is 0 Å². The molecule has 0 radical (unpaired) electrons. The van der Waals surface area contributed by atoms with Gasteiger partial charge in [0.15, 0.2) is 0 Å². The molecule has 1 rings (SSSR count). The van der Waals surface area contributed by atoms with Crippen molar-refractivity contribution < 1.29 is 9.47 Å². The zero-order chi connectivity index (χ0) is 14.3. The summed E-state index contributed by atoms with van der Waals surface area (Å²) in [4.78, 5) is 2.09. The SMILES string of the molecule is CCCOc1cccc(N(C)CCOC(C)C)c1N. The van der Waals surface area contributed by atoms with Gasteiger partial charge in [-0.15, -0.1) is 0 Å². The average molecular weight is 266 g/mol. The van der Waals surface area contributed by atoms with Gasteiger partial charge in [-0.2, -0.15) is 0 Å². The maximum absolute atomic E-state index is 6.15. The minimum absolute atomic E-state index is 0.255. The van der Waals surface area contributed by atoms with E-state index in [9.17, 15) is 0 Å². The Hall–Kier alpha value is -1.42. The van der Waals surface area contributed by atoms with E-state index in [1.54, 1.807) is 0 Å². The third-order valence-corrected chi connectivity index (χ3v) is 2.79. The summed E-state index contributed by atoms with van der Waals surface area (Å²) in [6.45, 7) is 8.33. The van der Waals surface area contributed by atoms with Crippen LogP contribution in [0.3, 0.4) is 0 Å². The molecule has 4 nitrogen and oxygen atoms in total. The van der Waals surface area contributed by atoms with Crippen molar-refractivity contribution in [1.82, 2.24) is 0 Å². The number of likely N-dealkylation sites (N-methyl/N-ethyl adjacent to an activating group) is 1. The van der Waals surface area contributed by atoms with Crippen LogP contribution in [-0.2, 0) is 4.74 Å². The summed E-state index contributed by atoms with van der Waals surface area (Å²) in [6.07, 6.45) is 1.23. The molecule has 0 heterocycles. The first kappa shape index (κ1) is 15.6. The molecule has 0 fully saturated rings. The predicted octanol–water partition coefficient (Wildman–Crippen LogP) is 2.92. The molecule has 0 saturated heterocycles. The number of rotatable bonds is 8. The average Bonchev–Trinajstić information content (AvgIpc) is 2.37. The Morgan fingerprint density at radius 3 is 2.63 bits per heavy atom. The van der Waals surface area contributed by atoms with Gasteiger partial charge in [-0.25, -0.2) is 0 Å². The van der Waals surface area contributed by atoms with Crippen molar-refractivity contribution in [1.29, 1.82) is 0 Å². The lowest BCUT2D eigenvalue weighted by atomic mass is 10.2. The Morgan fingerprint density at radius 2 is 2.00 bits per heavy atom. The molecule has 0 saturated carbocycles. The van der Waals surface area contributed by atoms with Gasteiger partial charge in [0, 0.05) is 13.6 Å². The molecule has 2 N–H and O–H groups in total. The van der Waals surface area contributed by atoms with Crippen molar-refractivity contribution >= 4 is 11.4 Å². The molecule has 0 unspecified atom stereocenters. The molecule has 1 aromatic rings. The van der Waals surface area contributed by atoms with Crippen LogP contribution in [0.5, 0.6) is 5.75 Å². The van der Waals surface area contributed by atoms with Gasteiger partial charge in [0.05, 0.1) is 30.7 Å². The van der Waals surface area contributed by atoms with E-state index in [1.165, 1.54) is 0 Å². The standard InChI is InChI=1S/C15H26N2O2/c1-5-10-19-14-8-6-7-13(15(14)16)17(4)9-11-18-12(2)3/h6-8,12H,5,9-11,16H2,1-4H3. The lowest BCUT2D eigenvalue weighted by molar-refractivity contribution is 0.0846. The van der Waals surface area contributed by atoms with Gasteiger partial charge in [-0.3, -0.25) is 0 Å². The highest BCUT2D eigenvalue weighted by Crippen LogP contribution is 2.31. The van der Waals surface area contributed by atoms with E-state index in [0.717, 1.165) is 24.4 Å². The highest BCUT2D eigenvalue weighted by Gasteiger charge is 2.10. The van der Waals surface area contributed by atoms with Gasteiger partial charge in [-0.05, 0) is 32.4 Å². The number of nitrogens with zero attached hydrogens (tertiary/aromatic N) is 1. The highest BCUT2D eigenvalue weighted by molar-refractivity contribution is 5.73. The van der Waals surface area contributed by atoms with Crippen LogP contribution in [0.25, 0.3) is 0 Å². The van der Waals surface area contributed by atoms with Crippen LogP contribution in [0.1, 0.15) is 27.2 Å². The van der Waals surface area contributed by atoms with Crippen molar-refractivity contribution in [3.8, 4) is 5.75 Å². The fourth-order valence-electron chi connectivity index (χ4n) is 1.75. The first-order chi connectivity index (χ1) is 9.06. The minimum atomic E-state index is 0.255. The molecule has 4 heteroatoms. The lowest BCUT2D eigenvalue weighted by Gasteiger charge is -2.23. The van der Waals surface area contributed by atoms with E-state index in [2.05, 4.69) is 11.8 Å². The maximum atomic E-state index is 6.15. The second-order valence-electron chi connectivity index (χ2n) is 4.88. The van der Waals surface area contributed by atoms with E-state index in [4.69, 9.17) is 15.2 Å². The second-order valence-corrected chi connectivity index (χ2v) is 4.88. The van der Waals surface area contributed by atoms with Crippen molar-refractivity contribution in [3.05, 3.63) is 18.2 Å². The molecule has 0 amide bonds. The third kappa shape index (κ3) is 4.99. The fourth-order valence-corrected chi connectivity index (χ4v) is 1.75. The Labute approximate surface area is 116 Å². The molecule has 108 valence electrons. The van der Waals surface area contributed by atoms with E-state index >= 15 is 0 Å². The zero-order valence-corrected chi connectivity index (χ0v) is 12.5. The van der Waals surface area contributed by atoms with Gasteiger partial charge < -0.3 is 20.1 Å². The molecular formula is C15H26N2O2. The summed E-state index contributed by atoms with van der Waals surface area (Å²) >= 11 is 0. The number of para-hydroxylation sites is 1. The van der Waals surface area contributed by atoms with Gasteiger partial charge in [0.1, 0.15) is 5.75 Å². The van der Waals surface area contributed by atoms with Gasteiger partial charge in [0.2, 0.25) is 0 Å². The molecule has 0 aliphatic carbocycles. The highest BCUT2D eigenvalue weighted by atomic mass is 16.5. The molecule has 1 aromatic carbocycles. The Bertz CT molecular complexity index is 380. The summed E-state index contributed by atoms with van der Waals surface area (Å²) in [5, 5.41) is 0. The number of hydrogen-bond donors (Lipinski definition) is 1. The topological polar surface area (TPSA) is 47.7 Å². The number of ether oxygens (including phenoxy) is 2. The molecular weight excluding hydrogens is 240 g/mol. The molecule has 0 aliphatic heterocycles. The summed E-state index contributed by atoms with van der Waals surface area (Å²) in [7, 11) is 2.01. The molecule has 19 heavy (non-hydrogen) atoms. The van der Waals surface area contributed by atoms with Crippen LogP contribution >= 0.6 is 0 Å². The van der Waals surface area contributed by atoms with Crippen molar-refractivity contribution in [2.75, 3.05) is 37.4 Å². The summed E-state index contributed by atoms with van der Waals surface area (Å²) in [5.74, 6) is 0.760. The monoisotopic (exact) mass is 266 g/mol. The minimum Gasteiger partial charge on any atom is -0.491 e. The fraction of sp³-hybridized carbons (Fsp3) is 0.600. The summed E-state index contributed by atoms with van der Waals surface area (Å²) < 4.78 is 11.2. The molecule has 0 aliphatic rings. The van der Waals surface area contributed by atoms with Crippen molar-refractivity contribution in [2.45, 2.75) is 33.3 Å². The van der Waals surface area contributed by atoms with E-state index in [0.29, 0.717) is 18.9 Å². The molecule has 0 bridgehead atoms. The van der Waals surface area contributed by atoms with Crippen LogP contribution in [-0.4, -0.2) is 32.9 Å². The number of hydrogen-bond acceptors (Lipinski definition) is 4. The number of anilines is 2. The number of nitrogens with two attached hydrogens (primary N) is 1. The zero-order valence-electron chi connectivity index (χ0n) is 12.5. The van der Waals surface area contributed by atoms with Crippen LogP contribution in [0, 0.1) is 0 Å². The van der Waals surface area contributed by atoms with Gasteiger partial charge in [-0.1, -0.05) is 13.0 Å². The summed E-state index contributed by atoms with van der Waals surface area (Å²) in [5.41, 5.74) is 7.83. The quantitative estimate of drug-likeness (QED) is 0.735. The molecule has 0 atom stereocenters. The summed E-state index contributed by atoms with van der Waals surface area (Å²) in [6, 6.07) is 5.88. The largest absolute Gasteiger partial charge is 0.491 e. The molecule has 0 spiro atoms. The second kappa shape index (κ2) is 7.89. The van der Waals surface area contributed by atoms with E-state index in [1.807, 2.05) is 39.1 Å². The normalized spacial score (nSPS) is 10.8. The van der Waals surface area contributed by atoms with Crippen LogP contribution < -0.4 is 15.4 Å². The predicted molar refractivity (Wildman–Crippen MR) is 81.0 cm³/mol. The Balaban J connectivity index is 2.65. The van der Waals surface area contributed by atoms with Crippen LogP contribution in [0.2, 0.25) is 0 Å². The smallest absolute Gasteiger partial charge is 0.144 e. The first-order valence-corrected chi connectivity index (χ1v) is 6.90. The van der Waals surface area contributed by atoms with E-state index < -0.39 is 0 Å². The number of nitrogen functional groups attached to an aromatic ring is 1. The first-order valence-electron chi connectivity index (χ1n) is 6.90.